The van der Waals surface area contributed by atoms with Crippen LogP contribution >= 0.6 is 0 Å². The van der Waals surface area contributed by atoms with Crippen molar-refractivity contribution in [3.63, 3.8) is 0 Å². The molecule has 3 rings (SSSR count). The zero-order valence-electron chi connectivity index (χ0n) is 17.5. The highest BCUT2D eigenvalue weighted by Crippen LogP contribution is 2.27. The molecule has 0 radical (unpaired) electrons. The van der Waals surface area contributed by atoms with Crippen molar-refractivity contribution in [2.45, 2.75) is 19.4 Å². The Kier molecular flexibility index (Phi) is 7.59. The summed E-state index contributed by atoms with van der Waals surface area (Å²) < 4.78 is 10.4. The van der Waals surface area contributed by atoms with E-state index in [9.17, 15) is 9.59 Å². The first-order valence-corrected chi connectivity index (χ1v) is 9.98. The normalized spacial score (nSPS) is 11.8. The molecule has 2 N–H and O–H groups in total. The van der Waals surface area contributed by atoms with Crippen LogP contribution in [-0.4, -0.2) is 31.9 Å². The molecule has 1 atom stereocenters. The van der Waals surface area contributed by atoms with E-state index in [0.29, 0.717) is 0 Å². The SMILES string of the molecule is CCOC(=O)N[C@@H](CC(=O)N/N=C\c1ccc(OC)c2ccccc12)c1ccccc1. The molecule has 0 aromatic heterocycles. The van der Waals surface area contributed by atoms with Gasteiger partial charge < -0.3 is 14.8 Å². The molecule has 0 unspecified atom stereocenters. The summed E-state index contributed by atoms with van der Waals surface area (Å²) in [6.45, 7) is 1.97. The van der Waals surface area contributed by atoms with Crippen molar-refractivity contribution < 1.29 is 19.1 Å². The van der Waals surface area contributed by atoms with Gasteiger partial charge >= 0.3 is 6.09 Å². The third-order valence-electron chi connectivity index (χ3n) is 4.69. The van der Waals surface area contributed by atoms with E-state index in [0.717, 1.165) is 27.6 Å². The third kappa shape index (κ3) is 5.82. The molecule has 160 valence electrons. The van der Waals surface area contributed by atoms with Crippen molar-refractivity contribution in [3.05, 3.63) is 77.9 Å². The summed E-state index contributed by atoms with van der Waals surface area (Å²) in [7, 11) is 1.63. The molecule has 0 heterocycles. The predicted molar refractivity (Wildman–Crippen MR) is 120 cm³/mol. The van der Waals surface area contributed by atoms with Gasteiger partial charge in [0.25, 0.3) is 0 Å². The Morgan fingerprint density at radius 2 is 1.71 bits per heavy atom. The Hall–Kier alpha value is -3.87. The first-order chi connectivity index (χ1) is 15.1. The summed E-state index contributed by atoms with van der Waals surface area (Å²) in [5, 5.41) is 8.75. The lowest BCUT2D eigenvalue weighted by Gasteiger charge is -2.18. The molecule has 0 aliphatic heterocycles. The van der Waals surface area contributed by atoms with Gasteiger partial charge in [-0.15, -0.1) is 0 Å². The lowest BCUT2D eigenvalue weighted by atomic mass is 10.0. The Morgan fingerprint density at radius 3 is 2.42 bits per heavy atom. The quantitative estimate of drug-likeness (QED) is 0.424. The molecule has 31 heavy (non-hydrogen) atoms. The Balaban J connectivity index is 1.70. The molecule has 0 aliphatic rings. The van der Waals surface area contributed by atoms with Crippen molar-refractivity contribution in [1.82, 2.24) is 10.7 Å². The summed E-state index contributed by atoms with van der Waals surface area (Å²) in [6, 6.07) is 20.3. The molecule has 0 aliphatic carbocycles. The number of carbonyl (C=O) groups is 2. The molecule has 3 aromatic carbocycles. The van der Waals surface area contributed by atoms with Crippen LogP contribution < -0.4 is 15.5 Å². The topological polar surface area (TPSA) is 89.0 Å². The Labute approximate surface area is 181 Å². The minimum atomic E-state index is -0.572. The monoisotopic (exact) mass is 419 g/mol. The highest BCUT2D eigenvalue weighted by atomic mass is 16.5. The number of nitrogens with one attached hydrogen (secondary N) is 2. The van der Waals surface area contributed by atoms with Crippen LogP contribution in [0.2, 0.25) is 0 Å². The van der Waals surface area contributed by atoms with Gasteiger partial charge in [-0.25, -0.2) is 10.2 Å². The second-order valence-corrected chi connectivity index (χ2v) is 6.73. The van der Waals surface area contributed by atoms with Crippen LogP contribution in [0, 0.1) is 0 Å². The number of nitrogens with zero attached hydrogens (tertiary/aromatic N) is 1. The highest BCUT2D eigenvalue weighted by molar-refractivity contribution is 6.02. The third-order valence-corrected chi connectivity index (χ3v) is 4.69. The number of hydrazone groups is 1. The van der Waals surface area contributed by atoms with Gasteiger partial charge in [-0.2, -0.15) is 5.10 Å². The molecule has 0 spiro atoms. The van der Waals surface area contributed by atoms with Crippen LogP contribution in [-0.2, 0) is 9.53 Å². The van der Waals surface area contributed by atoms with Crippen LogP contribution in [0.15, 0.2) is 71.8 Å². The molecule has 7 nitrogen and oxygen atoms in total. The maximum atomic E-state index is 12.5. The van der Waals surface area contributed by atoms with Crippen molar-refractivity contribution in [2.75, 3.05) is 13.7 Å². The highest BCUT2D eigenvalue weighted by Gasteiger charge is 2.18. The van der Waals surface area contributed by atoms with Crippen LogP contribution in [0.1, 0.15) is 30.5 Å². The van der Waals surface area contributed by atoms with Gasteiger partial charge in [0.1, 0.15) is 5.75 Å². The van der Waals surface area contributed by atoms with Crippen molar-refractivity contribution in [1.29, 1.82) is 0 Å². The lowest BCUT2D eigenvalue weighted by Crippen LogP contribution is -2.33. The van der Waals surface area contributed by atoms with Crippen LogP contribution in [0.3, 0.4) is 0 Å². The fourth-order valence-corrected chi connectivity index (χ4v) is 3.24. The first kappa shape index (κ1) is 21.8. The molecule has 3 aromatic rings. The van der Waals surface area contributed by atoms with Gasteiger partial charge in [0.15, 0.2) is 0 Å². The summed E-state index contributed by atoms with van der Waals surface area (Å²) in [5.41, 5.74) is 4.19. The summed E-state index contributed by atoms with van der Waals surface area (Å²) in [5.74, 6) is 0.437. The number of hydrogen-bond donors (Lipinski definition) is 2. The second-order valence-electron chi connectivity index (χ2n) is 6.73. The van der Waals surface area contributed by atoms with Gasteiger partial charge in [0.2, 0.25) is 5.91 Å². The molecular formula is C24H25N3O4. The van der Waals surface area contributed by atoms with Crippen LogP contribution in [0.25, 0.3) is 10.8 Å². The minimum absolute atomic E-state index is 0.0174. The number of carbonyl (C=O) groups excluding carboxylic acids is 2. The number of benzene rings is 3. The molecule has 2 amide bonds. The van der Waals surface area contributed by atoms with Gasteiger partial charge in [-0.3, -0.25) is 4.79 Å². The van der Waals surface area contributed by atoms with E-state index in [2.05, 4.69) is 15.8 Å². The van der Waals surface area contributed by atoms with Gasteiger partial charge in [0, 0.05) is 10.9 Å². The van der Waals surface area contributed by atoms with Crippen LogP contribution in [0.5, 0.6) is 5.75 Å². The molecule has 0 fully saturated rings. The maximum Gasteiger partial charge on any atom is 0.407 e. The van der Waals surface area contributed by atoms with E-state index in [-0.39, 0.29) is 18.9 Å². The zero-order chi connectivity index (χ0) is 22.1. The van der Waals surface area contributed by atoms with Crippen molar-refractivity contribution >= 4 is 29.0 Å². The first-order valence-electron chi connectivity index (χ1n) is 9.98. The van der Waals surface area contributed by atoms with E-state index >= 15 is 0 Å². The molecule has 0 saturated carbocycles. The predicted octanol–water partition coefficient (Wildman–Crippen LogP) is 4.18. The Bertz CT molecular complexity index is 1070. The summed E-state index contributed by atoms with van der Waals surface area (Å²) in [6.07, 6.45) is 1.04. The number of hydrogen-bond acceptors (Lipinski definition) is 5. The number of fused-ring (bicyclic) bond motifs is 1. The molecular weight excluding hydrogens is 394 g/mol. The second kappa shape index (κ2) is 10.8. The minimum Gasteiger partial charge on any atom is -0.496 e. The van der Waals surface area contributed by atoms with Gasteiger partial charge in [0.05, 0.1) is 32.4 Å². The molecule has 0 saturated heterocycles. The number of methoxy groups -OCH3 is 1. The van der Waals surface area contributed by atoms with E-state index in [4.69, 9.17) is 9.47 Å². The number of ether oxygens (including phenoxy) is 2. The van der Waals surface area contributed by atoms with Crippen LogP contribution in [0.4, 0.5) is 4.79 Å². The lowest BCUT2D eigenvalue weighted by molar-refractivity contribution is -0.121. The van der Waals surface area contributed by atoms with Gasteiger partial charge in [-0.1, -0.05) is 54.6 Å². The Morgan fingerprint density at radius 1 is 1.00 bits per heavy atom. The average Bonchev–Trinajstić information content (AvgIpc) is 2.79. The number of rotatable bonds is 8. The zero-order valence-corrected chi connectivity index (χ0v) is 17.5. The summed E-state index contributed by atoms with van der Waals surface area (Å²) >= 11 is 0. The van der Waals surface area contributed by atoms with E-state index in [1.165, 1.54) is 0 Å². The van der Waals surface area contributed by atoms with Crippen molar-refractivity contribution in [2.24, 2.45) is 5.10 Å². The van der Waals surface area contributed by atoms with Gasteiger partial charge in [-0.05, 0) is 30.0 Å². The van der Waals surface area contributed by atoms with E-state index in [1.807, 2.05) is 66.7 Å². The van der Waals surface area contributed by atoms with E-state index in [1.54, 1.807) is 20.2 Å². The molecule has 0 bridgehead atoms. The molecule has 7 heteroatoms. The van der Waals surface area contributed by atoms with E-state index < -0.39 is 12.1 Å². The standard InChI is InChI=1S/C24H25N3O4/c1-3-31-24(29)26-21(17-9-5-4-6-10-17)15-23(28)27-25-16-18-13-14-22(30-2)20-12-8-7-11-19(18)20/h4-14,16,21H,3,15H2,1-2H3,(H,26,29)(H,27,28)/b25-16-/t21-/m0/s1. The number of alkyl carbamates (subject to hydrolysis) is 1. The fourth-order valence-electron chi connectivity index (χ4n) is 3.24. The van der Waals surface area contributed by atoms with Crippen molar-refractivity contribution in [3.8, 4) is 5.75 Å². The summed E-state index contributed by atoms with van der Waals surface area (Å²) in [4.78, 5) is 24.4. The number of amides is 2. The smallest absolute Gasteiger partial charge is 0.407 e. The fraction of sp³-hybridized carbons (Fsp3) is 0.208. The largest absolute Gasteiger partial charge is 0.496 e. The maximum absolute atomic E-state index is 12.5. The average molecular weight is 419 g/mol.